The van der Waals surface area contributed by atoms with Gasteiger partial charge in [0.15, 0.2) is 0 Å². The lowest BCUT2D eigenvalue weighted by Crippen LogP contribution is -2.58. The Kier molecular flexibility index (Phi) is 4.37. The van der Waals surface area contributed by atoms with Gasteiger partial charge in [0.2, 0.25) is 0 Å². The number of carbonyl (C=O) groups excluding carboxylic acids is 1. The maximum absolute atomic E-state index is 12.1. The molecule has 6 heteroatoms. The van der Waals surface area contributed by atoms with Gasteiger partial charge in [-0.3, -0.25) is 4.79 Å². The first kappa shape index (κ1) is 20.9. The molecule has 4 saturated carbocycles. The minimum atomic E-state index is -0.369. The molecule has 0 unspecified atom stereocenters. The van der Waals surface area contributed by atoms with Crippen molar-refractivity contribution in [3.63, 3.8) is 0 Å². The maximum Gasteiger partial charge on any atom is 0.335 e. The van der Waals surface area contributed by atoms with Gasteiger partial charge in [-0.1, -0.05) is 13.8 Å². The molecule has 10 atom stereocenters. The Morgan fingerprint density at radius 2 is 1.94 bits per heavy atom. The monoisotopic (exact) mass is 442 g/mol. The van der Waals surface area contributed by atoms with E-state index in [9.17, 15) is 14.7 Å². The summed E-state index contributed by atoms with van der Waals surface area (Å²) in [5.41, 5.74) is 0.319. The standard InChI is InChI=1S/C26H34O6/c1-14(27)31-22-21(15-4-7-20(29)30-13-15)25(3)11-9-18-19(26(25)23(22)32-26)6-5-16-12-17(28)8-10-24(16,18)2/h4,7,13,16-19,21-23,28H,5-6,8-12H2,1-3H3/t16-,17-,18+,19-,21-,22+,23-,24-,25+,26+/m0/s1. The SMILES string of the molecule is CC(=O)O[C@H]1[C@@H]2O[C@]23[C@H]2CC[C@H]4C[C@@H](O)CC[C@]4(C)[C@@H]2CC[C@]3(C)[C@H]1c1ccc(=O)oc1. The van der Waals surface area contributed by atoms with E-state index in [-0.39, 0.29) is 52.3 Å². The molecule has 0 bridgehead atoms. The van der Waals surface area contributed by atoms with E-state index in [1.165, 1.54) is 13.0 Å². The van der Waals surface area contributed by atoms with Crippen LogP contribution in [0.15, 0.2) is 27.6 Å². The zero-order chi connectivity index (χ0) is 22.5. The molecule has 5 fully saturated rings. The molecule has 6 nitrogen and oxygen atoms in total. The molecule has 1 aliphatic heterocycles. The summed E-state index contributed by atoms with van der Waals surface area (Å²) in [6.45, 7) is 6.23. The van der Waals surface area contributed by atoms with Gasteiger partial charge in [0, 0.05) is 24.3 Å². The summed E-state index contributed by atoms with van der Waals surface area (Å²) in [7, 11) is 0. The molecule has 2 heterocycles. The van der Waals surface area contributed by atoms with Crippen LogP contribution in [0.25, 0.3) is 0 Å². The molecule has 0 radical (unpaired) electrons. The molecular formula is C26H34O6. The summed E-state index contributed by atoms with van der Waals surface area (Å²) in [5, 5.41) is 10.3. The van der Waals surface area contributed by atoms with E-state index in [0.717, 1.165) is 50.5 Å². The van der Waals surface area contributed by atoms with Gasteiger partial charge in [0.05, 0.1) is 12.4 Å². The van der Waals surface area contributed by atoms with E-state index in [0.29, 0.717) is 17.8 Å². The molecule has 0 amide bonds. The van der Waals surface area contributed by atoms with Crippen LogP contribution in [0.5, 0.6) is 0 Å². The van der Waals surface area contributed by atoms with Crippen LogP contribution in [-0.4, -0.2) is 35.0 Å². The summed E-state index contributed by atoms with van der Waals surface area (Å²) in [5.74, 6) is 1.24. The molecule has 0 aromatic carbocycles. The Morgan fingerprint density at radius 3 is 2.66 bits per heavy atom. The van der Waals surface area contributed by atoms with Crippen LogP contribution in [0.1, 0.15) is 77.2 Å². The van der Waals surface area contributed by atoms with Crippen LogP contribution < -0.4 is 5.63 Å². The van der Waals surface area contributed by atoms with Crippen molar-refractivity contribution in [3.8, 4) is 0 Å². The second-order valence-electron chi connectivity index (χ2n) is 11.6. The smallest absolute Gasteiger partial charge is 0.335 e. The van der Waals surface area contributed by atoms with Crippen molar-refractivity contribution in [2.45, 2.75) is 95.5 Å². The van der Waals surface area contributed by atoms with Crippen LogP contribution in [0, 0.1) is 28.6 Å². The van der Waals surface area contributed by atoms with E-state index >= 15 is 0 Å². The van der Waals surface area contributed by atoms with Crippen LogP contribution >= 0.6 is 0 Å². The lowest BCUT2D eigenvalue weighted by molar-refractivity contribution is -0.158. The molecule has 174 valence electrons. The van der Waals surface area contributed by atoms with Crippen molar-refractivity contribution < 1.29 is 23.8 Å². The minimum absolute atomic E-state index is 0.0471. The number of aliphatic hydroxyl groups is 1. The summed E-state index contributed by atoms with van der Waals surface area (Å²) in [6.07, 6.45) is 8.20. The molecule has 1 aromatic heterocycles. The quantitative estimate of drug-likeness (QED) is 0.554. The lowest BCUT2D eigenvalue weighted by atomic mass is 9.44. The van der Waals surface area contributed by atoms with E-state index in [4.69, 9.17) is 13.9 Å². The number of aliphatic hydroxyl groups excluding tert-OH is 1. The van der Waals surface area contributed by atoms with Crippen molar-refractivity contribution in [2.24, 2.45) is 28.6 Å². The predicted octanol–water partition coefficient (Wildman–Crippen LogP) is 3.80. The normalized spacial score (nSPS) is 51.1. The molecular weight excluding hydrogens is 408 g/mol. The molecule has 1 spiro atoms. The van der Waals surface area contributed by atoms with Gasteiger partial charge in [0.1, 0.15) is 17.8 Å². The summed E-state index contributed by atoms with van der Waals surface area (Å²) in [6, 6.07) is 3.30. The average molecular weight is 443 g/mol. The van der Waals surface area contributed by atoms with Crippen molar-refractivity contribution >= 4 is 5.97 Å². The first-order valence-corrected chi connectivity index (χ1v) is 12.3. The number of ether oxygens (including phenoxy) is 2. The number of carbonyl (C=O) groups is 1. The van der Waals surface area contributed by atoms with Crippen molar-refractivity contribution in [1.29, 1.82) is 0 Å². The topological polar surface area (TPSA) is 89.3 Å². The van der Waals surface area contributed by atoms with Gasteiger partial charge in [-0.15, -0.1) is 0 Å². The number of hydrogen-bond donors (Lipinski definition) is 1. The largest absolute Gasteiger partial charge is 0.459 e. The first-order chi connectivity index (χ1) is 15.2. The van der Waals surface area contributed by atoms with E-state index in [1.807, 2.05) is 6.07 Å². The second-order valence-corrected chi connectivity index (χ2v) is 11.6. The fraction of sp³-hybridized carbons (Fsp3) is 0.769. The Morgan fingerprint density at radius 1 is 1.12 bits per heavy atom. The zero-order valence-electron chi connectivity index (χ0n) is 19.2. The first-order valence-electron chi connectivity index (χ1n) is 12.3. The van der Waals surface area contributed by atoms with Gasteiger partial charge in [-0.05, 0) is 79.7 Å². The van der Waals surface area contributed by atoms with Gasteiger partial charge >= 0.3 is 11.6 Å². The minimum Gasteiger partial charge on any atom is -0.459 e. The molecule has 6 rings (SSSR count). The summed E-state index contributed by atoms with van der Waals surface area (Å²) in [4.78, 5) is 23.7. The number of epoxide rings is 1. The number of rotatable bonds is 2. The molecule has 32 heavy (non-hydrogen) atoms. The predicted molar refractivity (Wildman–Crippen MR) is 116 cm³/mol. The highest BCUT2D eigenvalue weighted by molar-refractivity contribution is 5.66. The van der Waals surface area contributed by atoms with Crippen molar-refractivity contribution in [2.75, 3.05) is 0 Å². The zero-order valence-corrected chi connectivity index (χ0v) is 19.2. The summed E-state index contributed by atoms with van der Waals surface area (Å²) >= 11 is 0. The molecule has 1 N–H and O–H groups in total. The Hall–Kier alpha value is -1.66. The van der Waals surface area contributed by atoms with Crippen molar-refractivity contribution in [3.05, 3.63) is 34.4 Å². The average Bonchev–Trinajstić information content (AvgIpc) is 3.44. The van der Waals surface area contributed by atoms with E-state index < -0.39 is 0 Å². The Balaban J connectivity index is 1.41. The highest BCUT2D eigenvalue weighted by Crippen LogP contribution is 2.78. The van der Waals surface area contributed by atoms with Gasteiger partial charge in [-0.2, -0.15) is 0 Å². The highest BCUT2D eigenvalue weighted by Gasteiger charge is 2.84. The van der Waals surface area contributed by atoms with Gasteiger partial charge in [0.25, 0.3) is 0 Å². The summed E-state index contributed by atoms with van der Waals surface area (Å²) < 4.78 is 17.8. The van der Waals surface area contributed by atoms with Gasteiger partial charge in [-0.25, -0.2) is 4.79 Å². The van der Waals surface area contributed by atoms with Gasteiger partial charge < -0.3 is 19.0 Å². The third-order valence-corrected chi connectivity index (χ3v) is 10.5. The fourth-order valence-corrected chi connectivity index (χ4v) is 9.10. The van der Waals surface area contributed by atoms with E-state index in [2.05, 4.69) is 13.8 Å². The third kappa shape index (κ3) is 2.54. The lowest BCUT2D eigenvalue weighted by Gasteiger charge is -2.61. The highest BCUT2D eigenvalue weighted by atomic mass is 16.7. The third-order valence-electron chi connectivity index (χ3n) is 10.5. The second kappa shape index (κ2) is 6.69. The number of fused-ring (bicyclic) bond motifs is 3. The molecule has 1 aromatic rings. The Bertz CT molecular complexity index is 982. The molecule has 5 aliphatic rings. The molecule has 1 saturated heterocycles. The Labute approximate surface area is 188 Å². The van der Waals surface area contributed by atoms with E-state index in [1.54, 1.807) is 6.26 Å². The van der Waals surface area contributed by atoms with Crippen LogP contribution in [0.4, 0.5) is 0 Å². The van der Waals surface area contributed by atoms with Crippen LogP contribution in [0.2, 0.25) is 0 Å². The molecule has 4 aliphatic carbocycles. The maximum atomic E-state index is 12.1. The van der Waals surface area contributed by atoms with Crippen LogP contribution in [-0.2, 0) is 14.3 Å². The fourth-order valence-electron chi connectivity index (χ4n) is 9.10. The van der Waals surface area contributed by atoms with Crippen molar-refractivity contribution in [1.82, 2.24) is 0 Å². The van der Waals surface area contributed by atoms with Crippen LogP contribution in [0.3, 0.4) is 0 Å². The number of esters is 1. The number of hydrogen-bond acceptors (Lipinski definition) is 6.